The molecule has 3 N–H and O–H groups in total. The van der Waals surface area contributed by atoms with Crippen molar-refractivity contribution in [3.8, 4) is 0 Å². The van der Waals surface area contributed by atoms with Gasteiger partial charge in [-0.2, -0.15) is 15.0 Å². The molecule has 18 heavy (non-hydrogen) atoms. The Kier molecular flexibility index (Phi) is 3.94. The van der Waals surface area contributed by atoms with Crippen LogP contribution in [-0.4, -0.2) is 15.0 Å². The Morgan fingerprint density at radius 2 is 2.00 bits per heavy atom. The fourth-order valence-corrected chi connectivity index (χ4v) is 1.84. The number of hydrogen-bond acceptors (Lipinski definition) is 5. The molecule has 0 atom stereocenters. The van der Waals surface area contributed by atoms with Gasteiger partial charge in [-0.25, -0.2) is 0 Å². The topological polar surface area (TPSA) is 76.7 Å². The van der Waals surface area contributed by atoms with Crippen molar-refractivity contribution in [2.45, 2.75) is 19.8 Å². The van der Waals surface area contributed by atoms with Crippen molar-refractivity contribution < 1.29 is 0 Å². The van der Waals surface area contributed by atoms with E-state index in [0.717, 1.165) is 18.5 Å². The van der Waals surface area contributed by atoms with Crippen LogP contribution in [0.25, 0.3) is 0 Å². The Hall–Kier alpha value is -1.88. The number of nitrogens with one attached hydrogen (secondary N) is 1. The molecule has 0 spiro atoms. The van der Waals surface area contributed by atoms with E-state index >= 15 is 0 Å². The molecule has 2 aromatic rings. The number of benzene rings is 1. The number of para-hydroxylation sites is 1. The number of nitrogens with zero attached hydrogens (tertiary/aromatic N) is 3. The van der Waals surface area contributed by atoms with E-state index in [4.69, 9.17) is 17.3 Å². The number of rotatable bonds is 4. The molecule has 6 heteroatoms. The third-order valence-corrected chi connectivity index (χ3v) is 2.58. The minimum absolute atomic E-state index is 0.0815. The lowest BCUT2D eigenvalue weighted by atomic mass is 10.1. The van der Waals surface area contributed by atoms with Gasteiger partial charge in [-0.3, -0.25) is 0 Å². The zero-order valence-electron chi connectivity index (χ0n) is 10.0. The molecule has 2 rings (SSSR count). The van der Waals surface area contributed by atoms with Gasteiger partial charge in [0.05, 0.1) is 0 Å². The van der Waals surface area contributed by atoms with E-state index in [2.05, 4.69) is 33.3 Å². The van der Waals surface area contributed by atoms with Crippen molar-refractivity contribution in [1.82, 2.24) is 15.0 Å². The highest BCUT2D eigenvalue weighted by Crippen LogP contribution is 2.20. The van der Waals surface area contributed by atoms with E-state index in [1.54, 1.807) is 0 Å². The normalized spacial score (nSPS) is 10.3. The molecule has 5 nitrogen and oxygen atoms in total. The van der Waals surface area contributed by atoms with Gasteiger partial charge in [0.1, 0.15) is 0 Å². The van der Waals surface area contributed by atoms with Gasteiger partial charge in [0.25, 0.3) is 0 Å². The van der Waals surface area contributed by atoms with Gasteiger partial charge in [-0.15, -0.1) is 0 Å². The van der Waals surface area contributed by atoms with Gasteiger partial charge >= 0.3 is 0 Å². The molecule has 1 aromatic carbocycles. The average Bonchev–Trinajstić information content (AvgIpc) is 2.30. The van der Waals surface area contributed by atoms with Crippen LogP contribution in [0.4, 0.5) is 17.6 Å². The minimum Gasteiger partial charge on any atom is -0.368 e. The summed E-state index contributed by atoms with van der Waals surface area (Å²) in [5, 5.41) is 3.19. The van der Waals surface area contributed by atoms with Crippen molar-refractivity contribution in [2.24, 2.45) is 0 Å². The van der Waals surface area contributed by atoms with Crippen LogP contribution in [0.3, 0.4) is 0 Å². The van der Waals surface area contributed by atoms with E-state index in [0.29, 0.717) is 5.95 Å². The SMILES string of the molecule is CCCc1ccccc1Nc1nc(N)nc(Cl)n1. The Morgan fingerprint density at radius 3 is 2.72 bits per heavy atom. The molecule has 0 amide bonds. The molecule has 0 saturated heterocycles. The maximum Gasteiger partial charge on any atom is 0.233 e. The van der Waals surface area contributed by atoms with Crippen LogP contribution in [0.5, 0.6) is 0 Å². The second kappa shape index (κ2) is 5.64. The molecule has 1 aromatic heterocycles. The minimum atomic E-state index is 0.0815. The lowest BCUT2D eigenvalue weighted by Gasteiger charge is -2.10. The molecule has 0 bridgehead atoms. The lowest BCUT2D eigenvalue weighted by Crippen LogP contribution is -2.04. The van der Waals surface area contributed by atoms with Gasteiger partial charge in [0, 0.05) is 5.69 Å². The second-order valence-corrected chi connectivity index (χ2v) is 4.16. The summed E-state index contributed by atoms with van der Waals surface area (Å²) in [5.74, 6) is 0.460. The summed E-state index contributed by atoms with van der Waals surface area (Å²) < 4.78 is 0. The summed E-state index contributed by atoms with van der Waals surface area (Å²) in [4.78, 5) is 11.7. The van der Waals surface area contributed by atoms with Gasteiger partial charge in [-0.1, -0.05) is 31.5 Å². The largest absolute Gasteiger partial charge is 0.368 e. The highest BCUT2D eigenvalue weighted by atomic mass is 35.5. The summed E-state index contributed by atoms with van der Waals surface area (Å²) in [5.41, 5.74) is 7.69. The first-order valence-electron chi connectivity index (χ1n) is 5.71. The summed E-state index contributed by atoms with van der Waals surface area (Å²) in [6, 6.07) is 8.00. The van der Waals surface area contributed by atoms with Gasteiger partial charge in [0.15, 0.2) is 0 Å². The van der Waals surface area contributed by atoms with Gasteiger partial charge < -0.3 is 11.1 Å². The summed E-state index contributed by atoms with van der Waals surface area (Å²) in [7, 11) is 0. The zero-order chi connectivity index (χ0) is 13.0. The predicted molar refractivity (Wildman–Crippen MR) is 73.0 cm³/mol. The van der Waals surface area contributed by atoms with Crippen LogP contribution in [0.2, 0.25) is 5.28 Å². The van der Waals surface area contributed by atoms with E-state index in [-0.39, 0.29) is 11.2 Å². The Labute approximate surface area is 110 Å². The number of nitrogens with two attached hydrogens (primary N) is 1. The first-order valence-corrected chi connectivity index (χ1v) is 6.09. The average molecular weight is 264 g/mol. The fraction of sp³-hybridized carbons (Fsp3) is 0.250. The van der Waals surface area contributed by atoms with E-state index < -0.39 is 0 Å². The van der Waals surface area contributed by atoms with Gasteiger partial charge in [-0.05, 0) is 29.7 Å². The summed E-state index contributed by atoms with van der Waals surface area (Å²) in [6.45, 7) is 2.13. The first-order chi connectivity index (χ1) is 8.69. The van der Waals surface area contributed by atoms with Crippen LogP contribution in [0.1, 0.15) is 18.9 Å². The molecule has 0 aliphatic carbocycles. The molecule has 0 fully saturated rings. The third kappa shape index (κ3) is 3.07. The number of anilines is 3. The van der Waals surface area contributed by atoms with Crippen LogP contribution in [-0.2, 0) is 6.42 Å². The second-order valence-electron chi connectivity index (χ2n) is 3.82. The zero-order valence-corrected chi connectivity index (χ0v) is 10.8. The smallest absolute Gasteiger partial charge is 0.233 e. The van der Waals surface area contributed by atoms with Crippen molar-refractivity contribution >= 4 is 29.2 Å². The van der Waals surface area contributed by atoms with Gasteiger partial charge in [0.2, 0.25) is 17.2 Å². The number of nitrogen functional groups attached to an aromatic ring is 1. The highest BCUT2D eigenvalue weighted by molar-refractivity contribution is 6.28. The predicted octanol–water partition coefficient (Wildman–Crippen LogP) is 2.80. The standard InChI is InChI=1S/C12H14ClN5/c1-2-5-8-6-3-4-7-9(8)15-12-17-10(13)16-11(14)18-12/h3-4,6-7H,2,5H2,1H3,(H3,14,15,16,17,18). The third-order valence-electron chi connectivity index (χ3n) is 2.41. The summed E-state index contributed by atoms with van der Waals surface area (Å²) in [6.07, 6.45) is 2.05. The molecular weight excluding hydrogens is 250 g/mol. The Morgan fingerprint density at radius 1 is 1.22 bits per heavy atom. The van der Waals surface area contributed by atoms with Crippen molar-refractivity contribution in [2.75, 3.05) is 11.1 Å². The van der Waals surface area contributed by atoms with Crippen LogP contribution >= 0.6 is 11.6 Å². The number of aromatic nitrogens is 3. The molecule has 0 unspecified atom stereocenters. The monoisotopic (exact) mass is 263 g/mol. The van der Waals surface area contributed by atoms with Crippen LogP contribution in [0, 0.1) is 0 Å². The fourth-order valence-electron chi connectivity index (χ4n) is 1.67. The Balaban J connectivity index is 2.27. The number of aryl methyl sites for hydroxylation is 1. The maximum atomic E-state index is 5.74. The molecule has 1 heterocycles. The maximum absolute atomic E-state index is 5.74. The van der Waals surface area contributed by atoms with Crippen LogP contribution in [0.15, 0.2) is 24.3 Å². The highest BCUT2D eigenvalue weighted by Gasteiger charge is 2.05. The molecule has 0 radical (unpaired) electrons. The van der Waals surface area contributed by atoms with E-state index in [9.17, 15) is 0 Å². The molecule has 0 aliphatic heterocycles. The molecule has 0 saturated carbocycles. The van der Waals surface area contributed by atoms with Crippen molar-refractivity contribution in [3.63, 3.8) is 0 Å². The van der Waals surface area contributed by atoms with E-state index in [1.807, 2.05) is 18.2 Å². The quantitative estimate of drug-likeness (QED) is 0.887. The van der Waals surface area contributed by atoms with Crippen LogP contribution < -0.4 is 11.1 Å². The molecular formula is C12H14ClN5. The molecule has 0 aliphatic rings. The van der Waals surface area contributed by atoms with Crippen molar-refractivity contribution in [1.29, 1.82) is 0 Å². The van der Waals surface area contributed by atoms with Crippen molar-refractivity contribution in [3.05, 3.63) is 35.1 Å². The number of hydrogen-bond donors (Lipinski definition) is 2. The number of halogens is 1. The molecule has 94 valence electrons. The summed E-state index contributed by atoms with van der Waals surface area (Å²) >= 11 is 5.74. The van der Waals surface area contributed by atoms with E-state index in [1.165, 1.54) is 5.56 Å². The first kappa shape index (κ1) is 12.6. The Bertz CT molecular complexity index is 523. The lowest BCUT2D eigenvalue weighted by molar-refractivity contribution is 0.922.